The fourth-order valence-corrected chi connectivity index (χ4v) is 2.13. The lowest BCUT2D eigenvalue weighted by atomic mass is 10.2. The van der Waals surface area contributed by atoms with Crippen molar-refractivity contribution in [3.8, 4) is 5.75 Å². The Morgan fingerprint density at radius 2 is 1.81 bits per heavy atom. The van der Waals surface area contributed by atoms with E-state index in [1.807, 2.05) is 55.5 Å². The molecule has 0 saturated heterocycles. The van der Waals surface area contributed by atoms with Gasteiger partial charge in [-0.25, -0.2) is 4.98 Å². The molecule has 5 heteroatoms. The number of fused-ring (bicyclic) bond motifs is 1. The van der Waals surface area contributed by atoms with Gasteiger partial charge in [0, 0.05) is 5.39 Å². The van der Waals surface area contributed by atoms with E-state index in [2.05, 4.69) is 15.3 Å². The molecule has 0 unspecified atom stereocenters. The minimum Gasteiger partial charge on any atom is -0.492 e. The quantitative estimate of drug-likeness (QED) is 0.766. The molecule has 0 saturated carbocycles. The van der Waals surface area contributed by atoms with Crippen molar-refractivity contribution in [3.05, 3.63) is 48.5 Å². The number of rotatable bonds is 4. The fraction of sp³-hybridized carbons (Fsp3) is 0.125. The number of anilines is 3. The lowest BCUT2D eigenvalue weighted by molar-refractivity contribution is 0.342. The lowest BCUT2D eigenvalue weighted by Crippen LogP contribution is -2.03. The third kappa shape index (κ3) is 2.72. The summed E-state index contributed by atoms with van der Waals surface area (Å²) in [6, 6.07) is 15.3. The summed E-state index contributed by atoms with van der Waals surface area (Å²) in [7, 11) is 0. The molecule has 0 aliphatic rings. The molecule has 3 N–H and O–H groups in total. The van der Waals surface area contributed by atoms with E-state index in [1.165, 1.54) is 0 Å². The molecule has 3 rings (SSSR count). The van der Waals surface area contributed by atoms with Gasteiger partial charge in [-0.1, -0.05) is 24.3 Å². The molecule has 2 aromatic carbocycles. The molecular formula is C16H16N4O. The molecule has 1 aromatic heterocycles. The highest BCUT2D eigenvalue weighted by Gasteiger charge is 2.07. The van der Waals surface area contributed by atoms with E-state index in [0.29, 0.717) is 18.4 Å². The summed E-state index contributed by atoms with van der Waals surface area (Å²) < 4.78 is 5.58. The molecule has 0 aliphatic carbocycles. The summed E-state index contributed by atoms with van der Waals surface area (Å²) in [4.78, 5) is 8.77. The van der Waals surface area contributed by atoms with Crippen LogP contribution in [0, 0.1) is 0 Å². The van der Waals surface area contributed by atoms with Crippen LogP contribution < -0.4 is 15.8 Å². The van der Waals surface area contributed by atoms with Crippen LogP contribution in [-0.2, 0) is 0 Å². The fourth-order valence-electron chi connectivity index (χ4n) is 2.13. The molecule has 0 spiro atoms. The Labute approximate surface area is 122 Å². The van der Waals surface area contributed by atoms with Gasteiger partial charge < -0.3 is 15.8 Å². The second-order valence-corrected chi connectivity index (χ2v) is 4.50. The van der Waals surface area contributed by atoms with Crippen LogP contribution in [0.3, 0.4) is 0 Å². The van der Waals surface area contributed by atoms with Crippen molar-refractivity contribution in [2.24, 2.45) is 0 Å². The Morgan fingerprint density at radius 1 is 1.05 bits per heavy atom. The van der Waals surface area contributed by atoms with Crippen molar-refractivity contribution in [1.82, 2.24) is 9.97 Å². The molecule has 0 radical (unpaired) electrons. The maximum atomic E-state index is 5.99. The van der Waals surface area contributed by atoms with Crippen LogP contribution >= 0.6 is 0 Å². The number of hydrogen-bond donors (Lipinski definition) is 2. The molecule has 21 heavy (non-hydrogen) atoms. The normalized spacial score (nSPS) is 10.5. The van der Waals surface area contributed by atoms with E-state index in [4.69, 9.17) is 10.5 Å². The molecule has 106 valence electrons. The van der Waals surface area contributed by atoms with Crippen molar-refractivity contribution >= 4 is 28.4 Å². The van der Waals surface area contributed by atoms with Crippen molar-refractivity contribution in [3.63, 3.8) is 0 Å². The van der Waals surface area contributed by atoms with E-state index in [0.717, 1.165) is 22.3 Å². The third-order valence-corrected chi connectivity index (χ3v) is 3.07. The molecule has 0 bridgehead atoms. The van der Waals surface area contributed by atoms with Gasteiger partial charge in [0.2, 0.25) is 5.95 Å². The van der Waals surface area contributed by atoms with E-state index in [-0.39, 0.29) is 0 Å². The highest BCUT2D eigenvalue weighted by atomic mass is 16.5. The first-order chi connectivity index (χ1) is 10.3. The molecule has 0 aliphatic heterocycles. The van der Waals surface area contributed by atoms with Gasteiger partial charge in [-0.2, -0.15) is 4.98 Å². The molecule has 5 nitrogen and oxygen atoms in total. The van der Waals surface area contributed by atoms with Crippen LogP contribution in [0.4, 0.5) is 17.5 Å². The standard InChI is InChI=1S/C16H16N4O/c1-2-21-14-10-6-5-9-13(14)19-16-18-12-8-4-3-7-11(12)15(17)20-16/h3-10H,2H2,1H3,(H3,17,18,19,20). The number of aromatic nitrogens is 2. The van der Waals surface area contributed by atoms with Crippen molar-refractivity contribution in [1.29, 1.82) is 0 Å². The third-order valence-electron chi connectivity index (χ3n) is 3.07. The highest BCUT2D eigenvalue weighted by molar-refractivity contribution is 5.89. The minimum absolute atomic E-state index is 0.456. The Morgan fingerprint density at radius 3 is 2.67 bits per heavy atom. The number of ether oxygens (including phenoxy) is 1. The SMILES string of the molecule is CCOc1ccccc1Nc1nc(N)c2ccccc2n1. The summed E-state index contributed by atoms with van der Waals surface area (Å²) in [6.45, 7) is 2.54. The van der Waals surface area contributed by atoms with Gasteiger partial charge >= 0.3 is 0 Å². The van der Waals surface area contributed by atoms with Gasteiger partial charge in [0.1, 0.15) is 11.6 Å². The second kappa shape index (κ2) is 5.66. The van der Waals surface area contributed by atoms with Crippen LogP contribution in [-0.4, -0.2) is 16.6 Å². The Kier molecular flexibility index (Phi) is 3.55. The smallest absolute Gasteiger partial charge is 0.229 e. The summed E-state index contributed by atoms with van der Waals surface area (Å²) in [5, 5.41) is 4.01. The van der Waals surface area contributed by atoms with Crippen LogP contribution in [0.5, 0.6) is 5.75 Å². The van der Waals surface area contributed by atoms with Gasteiger partial charge in [-0.3, -0.25) is 0 Å². The van der Waals surface area contributed by atoms with E-state index in [9.17, 15) is 0 Å². The first kappa shape index (κ1) is 13.2. The van der Waals surface area contributed by atoms with Crippen LogP contribution in [0.15, 0.2) is 48.5 Å². The van der Waals surface area contributed by atoms with Gasteiger partial charge in [-0.05, 0) is 31.2 Å². The Bertz CT molecular complexity index is 773. The minimum atomic E-state index is 0.456. The zero-order valence-electron chi connectivity index (χ0n) is 11.7. The number of para-hydroxylation sites is 3. The Hall–Kier alpha value is -2.82. The topological polar surface area (TPSA) is 73.1 Å². The number of nitrogens with one attached hydrogen (secondary N) is 1. The average Bonchev–Trinajstić information content (AvgIpc) is 2.50. The van der Waals surface area contributed by atoms with Crippen LogP contribution in [0.1, 0.15) is 6.92 Å². The largest absolute Gasteiger partial charge is 0.492 e. The maximum absolute atomic E-state index is 5.99. The number of nitrogen functional groups attached to an aromatic ring is 1. The van der Waals surface area contributed by atoms with Crippen molar-refractivity contribution in [2.75, 3.05) is 17.7 Å². The van der Waals surface area contributed by atoms with E-state index < -0.39 is 0 Å². The van der Waals surface area contributed by atoms with E-state index >= 15 is 0 Å². The first-order valence-corrected chi connectivity index (χ1v) is 6.79. The molecule has 0 amide bonds. The van der Waals surface area contributed by atoms with E-state index in [1.54, 1.807) is 0 Å². The van der Waals surface area contributed by atoms with Crippen molar-refractivity contribution < 1.29 is 4.74 Å². The average molecular weight is 280 g/mol. The molecule has 3 aromatic rings. The van der Waals surface area contributed by atoms with Crippen LogP contribution in [0.2, 0.25) is 0 Å². The van der Waals surface area contributed by atoms with Gasteiger partial charge in [0.05, 0.1) is 17.8 Å². The summed E-state index contributed by atoms with van der Waals surface area (Å²) >= 11 is 0. The van der Waals surface area contributed by atoms with Gasteiger partial charge in [0.15, 0.2) is 0 Å². The summed E-state index contributed by atoms with van der Waals surface area (Å²) in [5.41, 5.74) is 7.61. The van der Waals surface area contributed by atoms with Crippen molar-refractivity contribution in [2.45, 2.75) is 6.92 Å². The number of hydrogen-bond acceptors (Lipinski definition) is 5. The molecule has 0 fully saturated rings. The zero-order chi connectivity index (χ0) is 14.7. The first-order valence-electron chi connectivity index (χ1n) is 6.79. The van der Waals surface area contributed by atoms with Gasteiger partial charge in [-0.15, -0.1) is 0 Å². The number of benzene rings is 2. The Balaban J connectivity index is 1.99. The molecular weight excluding hydrogens is 264 g/mol. The highest BCUT2D eigenvalue weighted by Crippen LogP contribution is 2.27. The molecule has 0 atom stereocenters. The monoisotopic (exact) mass is 280 g/mol. The molecule has 1 heterocycles. The zero-order valence-corrected chi connectivity index (χ0v) is 11.7. The van der Waals surface area contributed by atoms with Gasteiger partial charge in [0.25, 0.3) is 0 Å². The lowest BCUT2D eigenvalue weighted by Gasteiger charge is -2.12. The predicted octanol–water partition coefficient (Wildman–Crippen LogP) is 3.35. The summed E-state index contributed by atoms with van der Waals surface area (Å²) in [6.07, 6.45) is 0. The number of nitrogens with zero attached hydrogens (tertiary/aromatic N) is 2. The summed E-state index contributed by atoms with van der Waals surface area (Å²) in [5.74, 6) is 1.67. The van der Waals surface area contributed by atoms with Crippen LogP contribution in [0.25, 0.3) is 10.9 Å². The second-order valence-electron chi connectivity index (χ2n) is 4.50. The number of nitrogens with two attached hydrogens (primary N) is 1. The predicted molar refractivity (Wildman–Crippen MR) is 84.8 cm³/mol. The maximum Gasteiger partial charge on any atom is 0.229 e.